The highest BCUT2D eigenvalue weighted by Gasteiger charge is 2.07. The quantitative estimate of drug-likeness (QED) is 0.502. The van der Waals surface area contributed by atoms with Crippen LogP contribution in [-0.2, 0) is 4.84 Å². The van der Waals surface area contributed by atoms with Crippen molar-refractivity contribution in [1.82, 2.24) is 10.8 Å². The molecule has 1 atom stereocenters. The standard InChI is InChI=1S/C5H10N2O/c1-4-3-5(6-2)7-8-4/h3-4,6-7H,1-2H3. The Bertz CT molecular complexity index is 111. The van der Waals surface area contributed by atoms with Crippen LogP contribution in [0.3, 0.4) is 0 Å². The van der Waals surface area contributed by atoms with Crippen LogP contribution in [0.25, 0.3) is 0 Å². The molecule has 0 saturated heterocycles. The molecule has 1 rings (SSSR count). The van der Waals surface area contributed by atoms with Gasteiger partial charge in [0.1, 0.15) is 11.9 Å². The SMILES string of the molecule is CNC1=CC(C)ON1. The second-order valence-corrected chi connectivity index (χ2v) is 1.76. The van der Waals surface area contributed by atoms with Crippen molar-refractivity contribution in [3.05, 3.63) is 11.9 Å². The van der Waals surface area contributed by atoms with Crippen LogP contribution in [0, 0.1) is 0 Å². The summed E-state index contributed by atoms with van der Waals surface area (Å²) in [6.45, 7) is 1.97. The van der Waals surface area contributed by atoms with Crippen molar-refractivity contribution < 1.29 is 4.84 Å². The molecule has 2 N–H and O–H groups in total. The minimum atomic E-state index is 0.192. The Kier molecular flexibility index (Phi) is 1.39. The molecule has 0 fully saturated rings. The monoisotopic (exact) mass is 114 g/mol. The van der Waals surface area contributed by atoms with Gasteiger partial charge in [-0.05, 0) is 13.0 Å². The molecule has 8 heavy (non-hydrogen) atoms. The first-order valence-electron chi connectivity index (χ1n) is 2.64. The lowest BCUT2D eigenvalue weighted by atomic mass is 10.4. The lowest BCUT2D eigenvalue weighted by Crippen LogP contribution is -2.18. The van der Waals surface area contributed by atoms with Crippen LogP contribution in [0.15, 0.2) is 11.9 Å². The molecule has 0 spiro atoms. The Morgan fingerprint density at radius 2 is 2.62 bits per heavy atom. The van der Waals surface area contributed by atoms with Crippen molar-refractivity contribution in [2.75, 3.05) is 7.05 Å². The molecule has 0 aromatic heterocycles. The first-order chi connectivity index (χ1) is 3.83. The number of rotatable bonds is 1. The van der Waals surface area contributed by atoms with E-state index in [-0.39, 0.29) is 6.10 Å². The van der Waals surface area contributed by atoms with E-state index in [1.807, 2.05) is 20.0 Å². The van der Waals surface area contributed by atoms with Crippen molar-refractivity contribution in [3.63, 3.8) is 0 Å². The van der Waals surface area contributed by atoms with Gasteiger partial charge in [-0.3, -0.25) is 10.3 Å². The zero-order valence-corrected chi connectivity index (χ0v) is 5.06. The van der Waals surface area contributed by atoms with Crippen LogP contribution in [0.1, 0.15) is 6.92 Å². The van der Waals surface area contributed by atoms with Gasteiger partial charge < -0.3 is 5.32 Å². The summed E-state index contributed by atoms with van der Waals surface area (Å²) >= 11 is 0. The maximum atomic E-state index is 4.95. The lowest BCUT2D eigenvalue weighted by Gasteiger charge is -1.99. The largest absolute Gasteiger partial charge is 0.373 e. The molecular formula is C5H10N2O. The maximum absolute atomic E-state index is 4.95. The van der Waals surface area contributed by atoms with Gasteiger partial charge in [-0.15, -0.1) is 0 Å². The Morgan fingerprint density at radius 3 is 2.88 bits per heavy atom. The Morgan fingerprint density at radius 1 is 1.88 bits per heavy atom. The first kappa shape index (κ1) is 5.44. The lowest BCUT2D eigenvalue weighted by molar-refractivity contribution is 0.0507. The van der Waals surface area contributed by atoms with Crippen molar-refractivity contribution >= 4 is 0 Å². The Hall–Kier alpha value is -0.700. The molecule has 0 radical (unpaired) electrons. The number of hydrogen-bond acceptors (Lipinski definition) is 3. The van der Waals surface area contributed by atoms with Gasteiger partial charge in [-0.2, -0.15) is 0 Å². The molecule has 1 aliphatic heterocycles. The second kappa shape index (κ2) is 2.05. The summed E-state index contributed by atoms with van der Waals surface area (Å²) in [5.41, 5.74) is 2.71. The summed E-state index contributed by atoms with van der Waals surface area (Å²) in [7, 11) is 1.85. The van der Waals surface area contributed by atoms with Crippen molar-refractivity contribution in [3.8, 4) is 0 Å². The van der Waals surface area contributed by atoms with Crippen LogP contribution in [0.2, 0.25) is 0 Å². The van der Waals surface area contributed by atoms with Crippen molar-refractivity contribution in [2.24, 2.45) is 0 Å². The van der Waals surface area contributed by atoms with Gasteiger partial charge >= 0.3 is 0 Å². The molecular weight excluding hydrogens is 104 g/mol. The minimum absolute atomic E-state index is 0.192. The first-order valence-corrected chi connectivity index (χ1v) is 2.64. The van der Waals surface area contributed by atoms with Gasteiger partial charge in [0.05, 0.1) is 0 Å². The molecule has 0 amide bonds. The van der Waals surface area contributed by atoms with E-state index in [1.165, 1.54) is 0 Å². The Balaban J connectivity index is 2.44. The number of hydrogen-bond donors (Lipinski definition) is 2. The second-order valence-electron chi connectivity index (χ2n) is 1.76. The average molecular weight is 114 g/mol. The molecule has 1 unspecified atom stereocenters. The smallest absolute Gasteiger partial charge is 0.121 e. The molecule has 46 valence electrons. The summed E-state index contributed by atoms with van der Waals surface area (Å²) in [5, 5.41) is 2.92. The van der Waals surface area contributed by atoms with Gasteiger partial charge in [-0.25, -0.2) is 0 Å². The third-order valence-corrected chi connectivity index (χ3v) is 1.03. The van der Waals surface area contributed by atoms with E-state index >= 15 is 0 Å². The highest BCUT2D eigenvalue weighted by atomic mass is 16.7. The number of nitrogens with one attached hydrogen (secondary N) is 2. The third kappa shape index (κ3) is 0.924. The maximum Gasteiger partial charge on any atom is 0.121 e. The van der Waals surface area contributed by atoms with E-state index in [4.69, 9.17) is 4.84 Å². The summed E-state index contributed by atoms with van der Waals surface area (Å²) in [4.78, 5) is 4.95. The van der Waals surface area contributed by atoms with Crippen LogP contribution >= 0.6 is 0 Å². The van der Waals surface area contributed by atoms with E-state index in [9.17, 15) is 0 Å². The van der Waals surface area contributed by atoms with Crippen LogP contribution in [0.4, 0.5) is 0 Å². The minimum Gasteiger partial charge on any atom is -0.373 e. The van der Waals surface area contributed by atoms with Crippen LogP contribution in [0.5, 0.6) is 0 Å². The fourth-order valence-electron chi connectivity index (χ4n) is 0.594. The molecule has 0 bridgehead atoms. The summed E-state index contributed by atoms with van der Waals surface area (Å²) in [6.07, 6.45) is 2.16. The molecule has 0 saturated carbocycles. The van der Waals surface area contributed by atoms with E-state index in [2.05, 4.69) is 10.8 Å². The Labute approximate surface area is 48.7 Å². The molecule has 3 heteroatoms. The van der Waals surface area contributed by atoms with E-state index < -0.39 is 0 Å². The average Bonchev–Trinajstić information content (AvgIpc) is 2.14. The zero-order chi connectivity index (χ0) is 5.98. The van der Waals surface area contributed by atoms with Gasteiger partial charge in [0.25, 0.3) is 0 Å². The van der Waals surface area contributed by atoms with Crippen molar-refractivity contribution in [2.45, 2.75) is 13.0 Å². The molecule has 3 nitrogen and oxygen atoms in total. The highest BCUT2D eigenvalue weighted by molar-refractivity contribution is 5.01. The van der Waals surface area contributed by atoms with Gasteiger partial charge in [0.2, 0.25) is 0 Å². The fourth-order valence-corrected chi connectivity index (χ4v) is 0.594. The van der Waals surface area contributed by atoms with Gasteiger partial charge in [-0.1, -0.05) is 0 Å². The van der Waals surface area contributed by atoms with Gasteiger partial charge in [0, 0.05) is 7.05 Å². The van der Waals surface area contributed by atoms with Crippen molar-refractivity contribution in [1.29, 1.82) is 0 Å². The van der Waals surface area contributed by atoms with Gasteiger partial charge in [0.15, 0.2) is 0 Å². The number of hydroxylamine groups is 1. The zero-order valence-electron chi connectivity index (χ0n) is 5.06. The molecule has 1 aliphatic rings. The summed E-state index contributed by atoms with van der Waals surface area (Å²) in [5.74, 6) is 0.942. The summed E-state index contributed by atoms with van der Waals surface area (Å²) < 4.78 is 0. The highest BCUT2D eigenvalue weighted by Crippen LogP contribution is 2.00. The normalized spacial score (nSPS) is 26.8. The third-order valence-electron chi connectivity index (χ3n) is 1.03. The molecule has 0 aliphatic carbocycles. The molecule has 1 heterocycles. The predicted molar refractivity (Wildman–Crippen MR) is 30.8 cm³/mol. The van der Waals surface area contributed by atoms with E-state index in [0.29, 0.717) is 0 Å². The molecule has 0 aromatic carbocycles. The molecule has 0 aromatic rings. The summed E-state index contributed by atoms with van der Waals surface area (Å²) in [6, 6.07) is 0. The topological polar surface area (TPSA) is 33.3 Å². The van der Waals surface area contributed by atoms with E-state index in [0.717, 1.165) is 5.82 Å². The fraction of sp³-hybridized carbons (Fsp3) is 0.600. The van der Waals surface area contributed by atoms with Crippen LogP contribution < -0.4 is 10.8 Å². The predicted octanol–water partition coefficient (Wildman–Crippen LogP) is -0.0295. The van der Waals surface area contributed by atoms with E-state index in [1.54, 1.807) is 0 Å². The van der Waals surface area contributed by atoms with Crippen LogP contribution in [-0.4, -0.2) is 13.2 Å².